The standard InChI is InChI=1S/C62H63NO/c1-59(2,3)43-34-42(35-44(36-43)60(4,5)6)49-24-17-20-41-21-18-26-53(57(41)49)51-22-13-15-28-55(51)63(48-38-45(61(7,8)9)37-46(39-48)62(10,11)12)47-32-30-40(31-33-47)50-25-19-27-54-52-23-14-16-29-56(52)64-58(50)54/h13-39H,1-12H3. The van der Waals surface area contributed by atoms with Gasteiger partial charge in [-0.15, -0.1) is 0 Å². The number of furan rings is 1. The van der Waals surface area contributed by atoms with Gasteiger partial charge in [-0.1, -0.05) is 210 Å². The van der Waals surface area contributed by atoms with Crippen LogP contribution < -0.4 is 4.90 Å². The summed E-state index contributed by atoms with van der Waals surface area (Å²) in [5.74, 6) is 0. The Kier molecular flexibility index (Phi) is 10.5. The summed E-state index contributed by atoms with van der Waals surface area (Å²) in [4.78, 5) is 2.49. The predicted octanol–water partition coefficient (Wildman–Crippen LogP) is 18.4. The monoisotopic (exact) mass is 837 g/mol. The Labute approximate surface area is 381 Å². The molecule has 1 aromatic heterocycles. The van der Waals surface area contributed by atoms with Crippen molar-refractivity contribution in [2.75, 3.05) is 4.90 Å². The molecule has 0 aliphatic heterocycles. The summed E-state index contributed by atoms with van der Waals surface area (Å²) in [5.41, 5.74) is 17.5. The molecule has 0 saturated carbocycles. The van der Waals surface area contributed by atoms with Crippen LogP contribution in [0.4, 0.5) is 17.1 Å². The van der Waals surface area contributed by atoms with Crippen LogP contribution in [0.1, 0.15) is 105 Å². The van der Waals surface area contributed by atoms with E-state index in [4.69, 9.17) is 4.42 Å². The first-order valence-electron chi connectivity index (χ1n) is 23.0. The van der Waals surface area contributed by atoms with Crippen molar-refractivity contribution in [3.8, 4) is 33.4 Å². The average Bonchev–Trinajstić information content (AvgIpc) is 3.64. The van der Waals surface area contributed by atoms with Gasteiger partial charge in [0, 0.05) is 33.3 Å². The van der Waals surface area contributed by atoms with Crippen LogP contribution in [-0.2, 0) is 21.7 Å². The third-order valence-corrected chi connectivity index (χ3v) is 13.1. The minimum absolute atomic E-state index is 0.00183. The summed E-state index contributed by atoms with van der Waals surface area (Å²) in [5, 5.41) is 4.76. The summed E-state index contributed by atoms with van der Waals surface area (Å²) in [7, 11) is 0. The average molecular weight is 838 g/mol. The van der Waals surface area contributed by atoms with Gasteiger partial charge in [0.15, 0.2) is 0 Å². The first-order valence-corrected chi connectivity index (χ1v) is 23.0. The molecule has 2 nitrogen and oxygen atoms in total. The molecular weight excluding hydrogens is 775 g/mol. The van der Waals surface area contributed by atoms with Crippen molar-refractivity contribution in [1.29, 1.82) is 0 Å². The van der Waals surface area contributed by atoms with E-state index in [0.717, 1.165) is 50.1 Å². The first-order chi connectivity index (χ1) is 30.3. The quantitative estimate of drug-likeness (QED) is 0.166. The molecule has 0 aliphatic rings. The van der Waals surface area contributed by atoms with E-state index in [2.05, 4.69) is 246 Å². The Morgan fingerprint density at radius 3 is 1.45 bits per heavy atom. The van der Waals surface area contributed by atoms with Gasteiger partial charge in [0.2, 0.25) is 0 Å². The van der Waals surface area contributed by atoms with Crippen molar-refractivity contribution < 1.29 is 4.42 Å². The van der Waals surface area contributed by atoms with Crippen LogP contribution in [0.15, 0.2) is 168 Å². The van der Waals surface area contributed by atoms with E-state index < -0.39 is 0 Å². The van der Waals surface area contributed by atoms with Gasteiger partial charge in [-0.25, -0.2) is 0 Å². The summed E-state index contributed by atoms with van der Waals surface area (Å²) >= 11 is 0. The van der Waals surface area contributed by atoms with Crippen molar-refractivity contribution in [1.82, 2.24) is 0 Å². The second-order valence-corrected chi connectivity index (χ2v) is 22.0. The normalized spacial score (nSPS) is 12.7. The fourth-order valence-corrected chi connectivity index (χ4v) is 9.15. The number of hydrogen-bond donors (Lipinski definition) is 0. The SMILES string of the molecule is CC(C)(C)c1cc(-c2cccc3cccc(-c4ccccc4N(c4ccc(-c5cccc6c5oc5ccccc56)cc4)c4cc(C(C)(C)C)cc(C(C)(C)C)c4)c23)cc(C(C)(C)C)c1. The number of para-hydroxylation sites is 3. The third kappa shape index (κ3) is 8.04. The highest BCUT2D eigenvalue weighted by atomic mass is 16.3. The smallest absolute Gasteiger partial charge is 0.143 e. The lowest BCUT2D eigenvalue weighted by Gasteiger charge is -2.32. The second kappa shape index (κ2) is 15.7. The molecule has 64 heavy (non-hydrogen) atoms. The molecule has 1 heterocycles. The number of nitrogens with zero attached hydrogens (tertiary/aromatic N) is 1. The lowest BCUT2D eigenvalue weighted by atomic mass is 9.78. The van der Waals surface area contributed by atoms with Crippen molar-refractivity contribution >= 4 is 49.8 Å². The number of rotatable bonds is 6. The molecule has 0 spiro atoms. The molecule has 0 bridgehead atoms. The first kappa shape index (κ1) is 42.9. The van der Waals surface area contributed by atoms with Crippen molar-refractivity contribution in [3.05, 3.63) is 186 Å². The molecule has 0 amide bonds. The van der Waals surface area contributed by atoms with E-state index in [0.29, 0.717) is 0 Å². The summed E-state index contributed by atoms with van der Waals surface area (Å²) < 4.78 is 6.52. The van der Waals surface area contributed by atoms with Gasteiger partial charge in [0.25, 0.3) is 0 Å². The number of hydrogen-bond acceptors (Lipinski definition) is 2. The Morgan fingerprint density at radius 1 is 0.359 bits per heavy atom. The Balaban J connectivity index is 1.29. The summed E-state index contributed by atoms with van der Waals surface area (Å²) in [6, 6.07) is 61.0. The van der Waals surface area contributed by atoms with Crippen LogP contribution >= 0.6 is 0 Å². The maximum absolute atomic E-state index is 6.52. The van der Waals surface area contributed by atoms with Crippen LogP contribution in [-0.4, -0.2) is 0 Å². The maximum atomic E-state index is 6.52. The molecule has 0 fully saturated rings. The Bertz CT molecular complexity index is 3120. The van der Waals surface area contributed by atoms with Crippen molar-refractivity contribution in [2.45, 2.75) is 105 Å². The molecule has 0 N–H and O–H groups in total. The molecule has 0 saturated heterocycles. The Hall–Kier alpha value is -6.38. The van der Waals surface area contributed by atoms with Crippen molar-refractivity contribution in [3.63, 3.8) is 0 Å². The van der Waals surface area contributed by atoms with Gasteiger partial charge in [0.05, 0.1) is 5.69 Å². The summed E-state index contributed by atoms with van der Waals surface area (Å²) in [6.07, 6.45) is 0. The van der Waals surface area contributed by atoms with Crippen LogP contribution in [0.25, 0.3) is 66.1 Å². The van der Waals surface area contributed by atoms with Gasteiger partial charge in [-0.3, -0.25) is 0 Å². The fraction of sp³-hybridized carbons (Fsp3) is 0.258. The molecule has 8 aromatic carbocycles. The molecular formula is C62H63NO. The number of benzene rings is 8. The largest absolute Gasteiger partial charge is 0.455 e. The number of anilines is 3. The predicted molar refractivity (Wildman–Crippen MR) is 277 cm³/mol. The van der Waals surface area contributed by atoms with E-state index in [-0.39, 0.29) is 21.7 Å². The highest BCUT2D eigenvalue weighted by molar-refractivity contribution is 6.10. The van der Waals surface area contributed by atoms with Crippen LogP contribution in [0.2, 0.25) is 0 Å². The highest BCUT2D eigenvalue weighted by Gasteiger charge is 2.27. The van der Waals surface area contributed by atoms with E-state index >= 15 is 0 Å². The lowest BCUT2D eigenvalue weighted by Crippen LogP contribution is -2.19. The van der Waals surface area contributed by atoms with Gasteiger partial charge in [-0.05, 0) is 113 Å². The van der Waals surface area contributed by atoms with Crippen LogP contribution in [0.5, 0.6) is 0 Å². The molecule has 9 rings (SSSR count). The lowest BCUT2D eigenvalue weighted by molar-refractivity contribution is 0.568. The Morgan fingerprint density at radius 2 is 0.844 bits per heavy atom. The molecule has 9 aromatic rings. The fourth-order valence-electron chi connectivity index (χ4n) is 9.15. The van der Waals surface area contributed by atoms with E-state index in [1.54, 1.807) is 0 Å². The second-order valence-electron chi connectivity index (χ2n) is 22.0. The molecule has 2 heteroatoms. The highest BCUT2D eigenvalue weighted by Crippen LogP contribution is 2.48. The van der Waals surface area contributed by atoms with Gasteiger partial charge in [-0.2, -0.15) is 0 Å². The van der Waals surface area contributed by atoms with E-state index in [1.807, 2.05) is 6.07 Å². The minimum Gasteiger partial charge on any atom is -0.455 e. The van der Waals surface area contributed by atoms with Crippen LogP contribution in [0.3, 0.4) is 0 Å². The molecule has 0 atom stereocenters. The molecule has 322 valence electrons. The van der Waals surface area contributed by atoms with E-state index in [9.17, 15) is 0 Å². The van der Waals surface area contributed by atoms with Crippen LogP contribution in [0, 0.1) is 0 Å². The zero-order chi connectivity index (χ0) is 45.3. The van der Waals surface area contributed by atoms with E-state index in [1.165, 1.54) is 55.3 Å². The van der Waals surface area contributed by atoms with Gasteiger partial charge < -0.3 is 9.32 Å². The zero-order valence-corrected chi connectivity index (χ0v) is 39.9. The molecule has 0 radical (unpaired) electrons. The zero-order valence-electron chi connectivity index (χ0n) is 39.9. The van der Waals surface area contributed by atoms with Gasteiger partial charge >= 0.3 is 0 Å². The summed E-state index contributed by atoms with van der Waals surface area (Å²) in [6.45, 7) is 27.9. The molecule has 0 unspecified atom stereocenters. The van der Waals surface area contributed by atoms with Gasteiger partial charge in [0.1, 0.15) is 11.2 Å². The topological polar surface area (TPSA) is 16.4 Å². The maximum Gasteiger partial charge on any atom is 0.143 e. The minimum atomic E-state index is -0.0612. The molecule has 0 aliphatic carbocycles. The number of fused-ring (bicyclic) bond motifs is 4. The third-order valence-electron chi connectivity index (χ3n) is 13.1. The van der Waals surface area contributed by atoms with Crippen molar-refractivity contribution in [2.24, 2.45) is 0 Å².